The second kappa shape index (κ2) is 7.88. The summed E-state index contributed by atoms with van der Waals surface area (Å²) < 4.78 is 0. The molecule has 0 aliphatic carbocycles. The number of hydrogen-bond donors (Lipinski definition) is 1. The van der Waals surface area contributed by atoms with Crippen LogP contribution in [0.25, 0.3) is 0 Å². The Balaban J connectivity index is 1.49. The van der Waals surface area contributed by atoms with Gasteiger partial charge in [-0.25, -0.2) is 0 Å². The molecule has 2 aromatic rings. The smallest absolute Gasteiger partial charge is 0.251 e. The standard InChI is InChI=1S/C19H23N3O/c23-19(17-8-11-20-12-9-17)21-18-7-4-13-22(15-18)14-10-16-5-2-1-3-6-16/h1-3,5-6,8-9,11-12,18H,4,7,10,13-15H2,(H,21,23). The monoisotopic (exact) mass is 309 g/mol. The van der Waals surface area contributed by atoms with Gasteiger partial charge in [0.2, 0.25) is 0 Å². The molecule has 120 valence electrons. The fourth-order valence-corrected chi connectivity index (χ4v) is 3.08. The first kappa shape index (κ1) is 15.7. The zero-order chi connectivity index (χ0) is 15.9. The first-order valence-corrected chi connectivity index (χ1v) is 8.28. The largest absolute Gasteiger partial charge is 0.348 e. The Morgan fingerprint density at radius 1 is 1.17 bits per heavy atom. The van der Waals surface area contributed by atoms with Gasteiger partial charge in [0, 0.05) is 37.1 Å². The lowest BCUT2D eigenvalue weighted by Crippen LogP contribution is -2.48. The lowest BCUT2D eigenvalue weighted by atomic mass is 10.0. The number of likely N-dealkylation sites (tertiary alicyclic amines) is 1. The van der Waals surface area contributed by atoms with Crippen LogP contribution < -0.4 is 5.32 Å². The number of aromatic nitrogens is 1. The van der Waals surface area contributed by atoms with Gasteiger partial charge in [-0.15, -0.1) is 0 Å². The van der Waals surface area contributed by atoms with Crippen molar-refractivity contribution in [2.24, 2.45) is 0 Å². The van der Waals surface area contributed by atoms with Crippen LogP contribution >= 0.6 is 0 Å². The maximum Gasteiger partial charge on any atom is 0.251 e. The van der Waals surface area contributed by atoms with Gasteiger partial charge < -0.3 is 10.2 Å². The van der Waals surface area contributed by atoms with E-state index in [4.69, 9.17) is 0 Å². The van der Waals surface area contributed by atoms with Gasteiger partial charge in [-0.05, 0) is 43.5 Å². The highest BCUT2D eigenvalue weighted by Gasteiger charge is 2.21. The number of amides is 1. The van der Waals surface area contributed by atoms with Crippen LogP contribution in [-0.2, 0) is 6.42 Å². The zero-order valence-corrected chi connectivity index (χ0v) is 13.3. The number of nitrogens with zero attached hydrogens (tertiary/aromatic N) is 2. The van der Waals surface area contributed by atoms with E-state index in [1.165, 1.54) is 5.56 Å². The van der Waals surface area contributed by atoms with Crippen LogP contribution in [-0.4, -0.2) is 41.5 Å². The summed E-state index contributed by atoms with van der Waals surface area (Å²) in [6.45, 7) is 3.10. The summed E-state index contributed by atoms with van der Waals surface area (Å²) in [5.74, 6) is 0.00214. The van der Waals surface area contributed by atoms with E-state index in [9.17, 15) is 4.79 Å². The quantitative estimate of drug-likeness (QED) is 0.923. The van der Waals surface area contributed by atoms with Crippen LogP contribution in [0.5, 0.6) is 0 Å². The van der Waals surface area contributed by atoms with Gasteiger partial charge in [-0.3, -0.25) is 9.78 Å². The molecule has 23 heavy (non-hydrogen) atoms. The van der Waals surface area contributed by atoms with Crippen molar-refractivity contribution >= 4 is 5.91 Å². The van der Waals surface area contributed by atoms with E-state index >= 15 is 0 Å². The van der Waals surface area contributed by atoms with E-state index in [2.05, 4.69) is 45.5 Å². The Labute approximate surface area is 137 Å². The van der Waals surface area contributed by atoms with Crippen molar-refractivity contribution in [1.82, 2.24) is 15.2 Å². The molecule has 1 atom stereocenters. The second-order valence-corrected chi connectivity index (χ2v) is 6.08. The molecule has 0 bridgehead atoms. The van der Waals surface area contributed by atoms with Gasteiger partial charge in [0.1, 0.15) is 0 Å². The van der Waals surface area contributed by atoms with E-state index in [-0.39, 0.29) is 11.9 Å². The second-order valence-electron chi connectivity index (χ2n) is 6.08. The molecule has 1 aliphatic rings. The molecule has 1 amide bonds. The predicted octanol–water partition coefficient (Wildman–Crippen LogP) is 2.52. The number of carbonyl (C=O) groups excluding carboxylic acids is 1. The number of pyridine rings is 1. The van der Waals surface area contributed by atoms with Crippen LogP contribution in [0, 0.1) is 0 Å². The number of nitrogens with one attached hydrogen (secondary N) is 1. The highest BCUT2D eigenvalue weighted by atomic mass is 16.1. The van der Waals surface area contributed by atoms with Gasteiger partial charge in [0.05, 0.1) is 0 Å². The minimum atomic E-state index is 0.00214. The van der Waals surface area contributed by atoms with Crippen molar-refractivity contribution in [2.45, 2.75) is 25.3 Å². The average molecular weight is 309 g/mol. The minimum Gasteiger partial charge on any atom is -0.348 e. The van der Waals surface area contributed by atoms with Gasteiger partial charge in [0.15, 0.2) is 0 Å². The van der Waals surface area contributed by atoms with Crippen molar-refractivity contribution < 1.29 is 4.79 Å². The van der Waals surface area contributed by atoms with Crippen molar-refractivity contribution in [3.05, 3.63) is 66.0 Å². The molecule has 0 saturated carbocycles. The summed E-state index contributed by atoms with van der Waals surface area (Å²) in [5.41, 5.74) is 2.05. The molecular weight excluding hydrogens is 286 g/mol. The highest BCUT2D eigenvalue weighted by Crippen LogP contribution is 2.12. The number of benzene rings is 1. The maximum absolute atomic E-state index is 12.2. The van der Waals surface area contributed by atoms with Crippen molar-refractivity contribution in [1.29, 1.82) is 0 Å². The van der Waals surface area contributed by atoms with Gasteiger partial charge in [-0.1, -0.05) is 30.3 Å². The fourth-order valence-electron chi connectivity index (χ4n) is 3.08. The van der Waals surface area contributed by atoms with E-state index in [0.717, 1.165) is 38.9 Å². The maximum atomic E-state index is 12.2. The van der Waals surface area contributed by atoms with E-state index in [1.807, 2.05) is 0 Å². The summed E-state index contributed by atoms with van der Waals surface area (Å²) in [6.07, 6.45) is 6.56. The molecule has 4 heteroatoms. The Kier molecular flexibility index (Phi) is 5.37. The van der Waals surface area contributed by atoms with Gasteiger partial charge >= 0.3 is 0 Å². The van der Waals surface area contributed by atoms with Crippen LogP contribution in [0.15, 0.2) is 54.9 Å². The Hall–Kier alpha value is -2.20. The fraction of sp³-hybridized carbons (Fsp3) is 0.368. The third kappa shape index (κ3) is 4.63. The molecule has 1 aliphatic heterocycles. The van der Waals surface area contributed by atoms with Crippen molar-refractivity contribution in [2.75, 3.05) is 19.6 Å². The summed E-state index contributed by atoms with van der Waals surface area (Å²) >= 11 is 0. The molecule has 1 aromatic heterocycles. The summed E-state index contributed by atoms with van der Waals surface area (Å²) in [6, 6.07) is 14.3. The third-order valence-electron chi connectivity index (χ3n) is 4.34. The first-order chi connectivity index (χ1) is 11.3. The Bertz CT molecular complexity index is 615. The first-order valence-electron chi connectivity index (χ1n) is 8.28. The molecule has 0 radical (unpaired) electrons. The molecule has 2 heterocycles. The zero-order valence-electron chi connectivity index (χ0n) is 13.3. The predicted molar refractivity (Wildman–Crippen MR) is 91.3 cm³/mol. The Morgan fingerprint density at radius 3 is 2.74 bits per heavy atom. The SMILES string of the molecule is O=C(NC1CCCN(CCc2ccccc2)C1)c1ccncc1. The highest BCUT2D eigenvalue weighted by molar-refractivity contribution is 5.94. The minimum absolute atomic E-state index is 0.00214. The average Bonchev–Trinajstić information content (AvgIpc) is 2.62. The number of carbonyl (C=O) groups is 1. The Morgan fingerprint density at radius 2 is 1.96 bits per heavy atom. The number of rotatable bonds is 5. The van der Waals surface area contributed by atoms with Gasteiger partial charge in [0.25, 0.3) is 5.91 Å². The number of hydrogen-bond acceptors (Lipinski definition) is 3. The van der Waals surface area contributed by atoms with Crippen molar-refractivity contribution in [3.63, 3.8) is 0 Å². The molecular formula is C19H23N3O. The van der Waals surface area contributed by atoms with E-state index < -0.39 is 0 Å². The molecule has 3 rings (SSSR count). The molecule has 1 aromatic carbocycles. The van der Waals surface area contributed by atoms with Crippen LogP contribution in [0.2, 0.25) is 0 Å². The van der Waals surface area contributed by atoms with Crippen LogP contribution in [0.4, 0.5) is 0 Å². The van der Waals surface area contributed by atoms with E-state index in [1.54, 1.807) is 24.5 Å². The molecule has 4 nitrogen and oxygen atoms in total. The third-order valence-corrected chi connectivity index (χ3v) is 4.34. The molecule has 1 N–H and O–H groups in total. The normalized spacial score (nSPS) is 18.5. The topological polar surface area (TPSA) is 45.2 Å². The van der Waals surface area contributed by atoms with Crippen LogP contribution in [0.3, 0.4) is 0 Å². The molecule has 1 saturated heterocycles. The summed E-state index contributed by atoms with van der Waals surface area (Å²) in [5, 5.41) is 3.15. The van der Waals surface area contributed by atoms with Crippen LogP contribution in [0.1, 0.15) is 28.8 Å². The summed E-state index contributed by atoms with van der Waals surface area (Å²) in [4.78, 5) is 18.6. The van der Waals surface area contributed by atoms with Crippen molar-refractivity contribution in [3.8, 4) is 0 Å². The summed E-state index contributed by atoms with van der Waals surface area (Å²) in [7, 11) is 0. The molecule has 1 unspecified atom stereocenters. The number of piperidine rings is 1. The lowest BCUT2D eigenvalue weighted by molar-refractivity contribution is 0.0904. The molecule has 1 fully saturated rings. The molecule has 0 spiro atoms. The van der Waals surface area contributed by atoms with Gasteiger partial charge in [-0.2, -0.15) is 0 Å². The lowest BCUT2D eigenvalue weighted by Gasteiger charge is -2.33. The van der Waals surface area contributed by atoms with E-state index in [0.29, 0.717) is 5.56 Å².